The monoisotopic (exact) mass is 129 g/mol. The maximum absolute atomic E-state index is 4.85. The molecule has 0 amide bonds. The summed E-state index contributed by atoms with van der Waals surface area (Å²) >= 11 is 0. The predicted molar refractivity (Wildman–Crippen MR) is 38.5 cm³/mol. The second kappa shape index (κ2) is 2.87. The van der Waals surface area contributed by atoms with Crippen LogP contribution in [0.1, 0.15) is 27.7 Å². The van der Waals surface area contributed by atoms with E-state index in [1.165, 1.54) is 0 Å². The van der Waals surface area contributed by atoms with E-state index in [1.807, 2.05) is 6.92 Å². The lowest BCUT2D eigenvalue weighted by atomic mass is 9.89. The Kier molecular flexibility index (Phi) is 2.71. The highest BCUT2D eigenvalue weighted by molar-refractivity contribution is 5.03. The normalized spacial score (nSPS) is 13.7. The van der Waals surface area contributed by atoms with Gasteiger partial charge in [-0.2, -0.15) is 5.90 Å². The summed E-state index contributed by atoms with van der Waals surface area (Å²) in [5, 5.41) is 0. The molecule has 2 nitrogen and oxygen atoms in total. The summed E-state index contributed by atoms with van der Waals surface area (Å²) in [6, 6.07) is 0. The average Bonchev–Trinajstić information content (AvgIpc) is 1.64. The van der Waals surface area contributed by atoms with Crippen LogP contribution in [0.15, 0.2) is 11.8 Å². The number of nitrogens with two attached hydrogens (primary N) is 1. The van der Waals surface area contributed by atoms with E-state index < -0.39 is 0 Å². The second-order valence-corrected chi connectivity index (χ2v) is 3.19. The van der Waals surface area contributed by atoms with Crippen molar-refractivity contribution in [3.05, 3.63) is 11.8 Å². The minimum Gasteiger partial charge on any atom is -0.419 e. The van der Waals surface area contributed by atoms with Crippen molar-refractivity contribution in [3.63, 3.8) is 0 Å². The van der Waals surface area contributed by atoms with Crippen LogP contribution in [0.2, 0.25) is 0 Å². The van der Waals surface area contributed by atoms with Crippen molar-refractivity contribution in [3.8, 4) is 0 Å². The third kappa shape index (κ3) is 3.14. The van der Waals surface area contributed by atoms with E-state index in [1.54, 1.807) is 6.26 Å². The first-order chi connectivity index (χ1) is 3.98. The molecule has 2 heteroatoms. The molecule has 54 valence electrons. The topological polar surface area (TPSA) is 35.2 Å². The molecule has 2 N–H and O–H groups in total. The van der Waals surface area contributed by atoms with Gasteiger partial charge in [-0.3, -0.25) is 0 Å². The molecule has 0 heterocycles. The number of allylic oxidation sites excluding steroid dienone is 1. The van der Waals surface area contributed by atoms with Gasteiger partial charge in [-0.05, 0) is 17.9 Å². The summed E-state index contributed by atoms with van der Waals surface area (Å²) in [6.45, 7) is 8.32. The van der Waals surface area contributed by atoms with Gasteiger partial charge in [0, 0.05) is 0 Å². The molecule has 0 rings (SSSR count). The van der Waals surface area contributed by atoms with E-state index in [2.05, 4.69) is 25.6 Å². The minimum absolute atomic E-state index is 0.166. The molecule has 9 heavy (non-hydrogen) atoms. The van der Waals surface area contributed by atoms with Crippen molar-refractivity contribution in [2.75, 3.05) is 0 Å². The summed E-state index contributed by atoms with van der Waals surface area (Å²) in [7, 11) is 0. The predicted octanol–water partition coefficient (Wildman–Crippen LogP) is 1.83. The maximum atomic E-state index is 4.85. The van der Waals surface area contributed by atoms with Gasteiger partial charge in [-0.1, -0.05) is 20.8 Å². The molecule has 0 aliphatic heterocycles. The molecule has 0 unspecified atom stereocenters. The van der Waals surface area contributed by atoms with Gasteiger partial charge >= 0.3 is 0 Å². The highest BCUT2D eigenvalue weighted by Crippen LogP contribution is 2.23. The molecule has 0 bridgehead atoms. The molecule has 0 radical (unpaired) electrons. The quantitative estimate of drug-likeness (QED) is 0.433. The van der Waals surface area contributed by atoms with Crippen LogP contribution in [0.25, 0.3) is 0 Å². The zero-order valence-electron chi connectivity index (χ0n) is 6.56. The number of hydrogen-bond acceptors (Lipinski definition) is 2. The fraction of sp³-hybridized carbons (Fsp3) is 0.714. The largest absolute Gasteiger partial charge is 0.419 e. The van der Waals surface area contributed by atoms with Crippen molar-refractivity contribution < 1.29 is 4.84 Å². The van der Waals surface area contributed by atoms with Gasteiger partial charge in [0.15, 0.2) is 0 Å². The van der Waals surface area contributed by atoms with Gasteiger partial charge < -0.3 is 4.84 Å². The Hall–Kier alpha value is -0.500. The summed E-state index contributed by atoms with van der Waals surface area (Å²) in [5.41, 5.74) is 1.31. The molecule has 0 aromatic heterocycles. The van der Waals surface area contributed by atoms with Crippen molar-refractivity contribution >= 4 is 0 Å². The molecule has 0 saturated carbocycles. The van der Waals surface area contributed by atoms with Crippen molar-refractivity contribution in [1.82, 2.24) is 0 Å². The lowest BCUT2D eigenvalue weighted by Crippen LogP contribution is -2.07. The van der Waals surface area contributed by atoms with Gasteiger partial charge in [0.1, 0.15) is 6.26 Å². The van der Waals surface area contributed by atoms with E-state index in [0.29, 0.717) is 0 Å². The SMILES string of the molecule is C/C(=C\ON)C(C)(C)C. The molecule has 0 saturated heterocycles. The smallest absolute Gasteiger partial charge is 0.110 e. The molecule has 0 spiro atoms. The fourth-order valence-corrected chi connectivity index (χ4v) is 0.279. The van der Waals surface area contributed by atoms with Crippen LogP contribution in [0, 0.1) is 5.41 Å². The van der Waals surface area contributed by atoms with Crippen LogP contribution in [0.4, 0.5) is 0 Å². The van der Waals surface area contributed by atoms with Gasteiger partial charge in [-0.15, -0.1) is 0 Å². The molecule has 0 fully saturated rings. The number of rotatable bonds is 1. The molecule has 0 aromatic carbocycles. The Morgan fingerprint density at radius 3 is 2.00 bits per heavy atom. The van der Waals surface area contributed by atoms with Crippen molar-refractivity contribution in [1.29, 1.82) is 0 Å². The summed E-state index contributed by atoms with van der Waals surface area (Å²) < 4.78 is 0. The Balaban J connectivity index is 4.03. The highest BCUT2D eigenvalue weighted by Gasteiger charge is 2.11. The molecular weight excluding hydrogens is 114 g/mol. The van der Waals surface area contributed by atoms with E-state index in [9.17, 15) is 0 Å². The standard InChI is InChI=1S/C7H15NO/c1-6(5-9-8)7(2,3)4/h5H,8H2,1-4H3/b6-5+. The molecule has 0 aromatic rings. The molecular formula is C7H15NO. The third-order valence-corrected chi connectivity index (χ3v) is 1.43. The average molecular weight is 129 g/mol. The van der Waals surface area contributed by atoms with Crippen LogP contribution in [-0.4, -0.2) is 0 Å². The molecule has 0 aliphatic carbocycles. The Labute approximate surface area is 56.6 Å². The van der Waals surface area contributed by atoms with Gasteiger partial charge in [0.2, 0.25) is 0 Å². The zero-order valence-corrected chi connectivity index (χ0v) is 6.56. The van der Waals surface area contributed by atoms with Gasteiger partial charge in [0.05, 0.1) is 0 Å². The van der Waals surface area contributed by atoms with Crippen molar-refractivity contribution in [2.24, 2.45) is 11.3 Å². The molecule has 0 atom stereocenters. The molecule has 0 aliphatic rings. The Morgan fingerprint density at radius 2 is 1.89 bits per heavy atom. The number of hydrogen-bond donors (Lipinski definition) is 1. The third-order valence-electron chi connectivity index (χ3n) is 1.43. The van der Waals surface area contributed by atoms with Crippen LogP contribution >= 0.6 is 0 Å². The van der Waals surface area contributed by atoms with Crippen LogP contribution in [0.3, 0.4) is 0 Å². The second-order valence-electron chi connectivity index (χ2n) is 3.19. The van der Waals surface area contributed by atoms with E-state index in [4.69, 9.17) is 5.90 Å². The summed E-state index contributed by atoms with van der Waals surface area (Å²) in [6.07, 6.45) is 1.57. The van der Waals surface area contributed by atoms with E-state index >= 15 is 0 Å². The zero-order chi connectivity index (χ0) is 7.49. The fourth-order valence-electron chi connectivity index (χ4n) is 0.279. The Morgan fingerprint density at radius 1 is 1.44 bits per heavy atom. The van der Waals surface area contributed by atoms with Crippen LogP contribution < -0.4 is 5.90 Å². The summed E-state index contributed by atoms with van der Waals surface area (Å²) in [4.78, 5) is 4.37. The highest BCUT2D eigenvalue weighted by atomic mass is 16.6. The van der Waals surface area contributed by atoms with E-state index in [0.717, 1.165) is 5.57 Å². The first-order valence-electron chi connectivity index (χ1n) is 3.01. The van der Waals surface area contributed by atoms with Crippen molar-refractivity contribution in [2.45, 2.75) is 27.7 Å². The van der Waals surface area contributed by atoms with Crippen LogP contribution in [0.5, 0.6) is 0 Å². The van der Waals surface area contributed by atoms with Gasteiger partial charge in [0.25, 0.3) is 0 Å². The summed E-state index contributed by atoms with van der Waals surface area (Å²) in [5.74, 6) is 4.85. The minimum atomic E-state index is 0.166. The van der Waals surface area contributed by atoms with E-state index in [-0.39, 0.29) is 5.41 Å². The first-order valence-corrected chi connectivity index (χ1v) is 3.01. The lowest BCUT2D eigenvalue weighted by Gasteiger charge is -2.17. The van der Waals surface area contributed by atoms with Crippen LogP contribution in [-0.2, 0) is 4.84 Å². The maximum Gasteiger partial charge on any atom is 0.110 e. The Bertz CT molecular complexity index is 111. The lowest BCUT2D eigenvalue weighted by molar-refractivity contribution is 0.250. The first kappa shape index (κ1) is 8.50. The van der Waals surface area contributed by atoms with Gasteiger partial charge in [-0.25, -0.2) is 0 Å².